The van der Waals surface area contributed by atoms with Crippen LogP contribution in [0.15, 0.2) is 36.5 Å². The highest BCUT2D eigenvalue weighted by Crippen LogP contribution is 2.33. The fourth-order valence-corrected chi connectivity index (χ4v) is 2.27. The van der Waals surface area contributed by atoms with E-state index in [1.165, 1.54) is 7.11 Å². The first kappa shape index (κ1) is 14.2. The van der Waals surface area contributed by atoms with Gasteiger partial charge in [0.1, 0.15) is 5.82 Å². The molecule has 0 unspecified atom stereocenters. The summed E-state index contributed by atoms with van der Waals surface area (Å²) in [5.74, 6) is 1.83. The van der Waals surface area contributed by atoms with Gasteiger partial charge in [-0.1, -0.05) is 6.07 Å². The monoisotopic (exact) mass is 300 g/mol. The molecule has 0 bridgehead atoms. The Morgan fingerprint density at radius 3 is 2.91 bits per heavy atom. The zero-order chi connectivity index (χ0) is 15.5. The van der Waals surface area contributed by atoms with Gasteiger partial charge >= 0.3 is 5.97 Å². The molecule has 6 nitrogen and oxygen atoms in total. The molecule has 114 valence electrons. The van der Waals surface area contributed by atoms with Crippen LogP contribution in [-0.2, 0) is 11.3 Å². The van der Waals surface area contributed by atoms with Gasteiger partial charge in [-0.3, -0.25) is 0 Å². The molecule has 2 aromatic rings. The van der Waals surface area contributed by atoms with Crippen molar-refractivity contribution in [2.75, 3.05) is 25.9 Å². The molecule has 0 atom stereocenters. The van der Waals surface area contributed by atoms with Gasteiger partial charge in [0.25, 0.3) is 0 Å². The minimum atomic E-state index is -0.375. The van der Waals surface area contributed by atoms with Gasteiger partial charge in [0.2, 0.25) is 6.79 Å². The van der Waals surface area contributed by atoms with Crippen LogP contribution in [0.4, 0.5) is 5.82 Å². The molecule has 2 heterocycles. The summed E-state index contributed by atoms with van der Waals surface area (Å²) in [7, 11) is 3.27. The van der Waals surface area contributed by atoms with E-state index < -0.39 is 0 Å². The van der Waals surface area contributed by atoms with Crippen LogP contribution in [0, 0.1) is 0 Å². The number of aromatic nitrogens is 1. The van der Waals surface area contributed by atoms with Crippen LogP contribution in [0.5, 0.6) is 11.5 Å². The summed E-state index contributed by atoms with van der Waals surface area (Å²) < 4.78 is 15.4. The van der Waals surface area contributed by atoms with Crippen LogP contribution in [0.1, 0.15) is 15.9 Å². The zero-order valence-electron chi connectivity index (χ0n) is 12.4. The van der Waals surface area contributed by atoms with Gasteiger partial charge < -0.3 is 19.1 Å². The quantitative estimate of drug-likeness (QED) is 0.807. The summed E-state index contributed by atoms with van der Waals surface area (Å²) in [6.45, 7) is 0.894. The van der Waals surface area contributed by atoms with Crippen LogP contribution >= 0.6 is 0 Å². The number of ether oxygens (including phenoxy) is 3. The van der Waals surface area contributed by atoms with E-state index in [2.05, 4.69) is 4.98 Å². The van der Waals surface area contributed by atoms with E-state index in [9.17, 15) is 4.79 Å². The first-order valence-electron chi connectivity index (χ1n) is 6.81. The number of fused-ring (bicyclic) bond motifs is 1. The fourth-order valence-electron chi connectivity index (χ4n) is 2.27. The lowest BCUT2D eigenvalue weighted by Crippen LogP contribution is -2.18. The first-order valence-corrected chi connectivity index (χ1v) is 6.81. The molecule has 0 fully saturated rings. The molecule has 0 spiro atoms. The van der Waals surface area contributed by atoms with Crippen molar-refractivity contribution in [1.29, 1.82) is 0 Å². The van der Waals surface area contributed by atoms with E-state index in [1.54, 1.807) is 18.3 Å². The number of rotatable bonds is 4. The molecule has 0 aliphatic carbocycles. The van der Waals surface area contributed by atoms with Gasteiger partial charge in [0, 0.05) is 19.8 Å². The highest BCUT2D eigenvalue weighted by atomic mass is 16.7. The van der Waals surface area contributed by atoms with Crippen molar-refractivity contribution in [2.24, 2.45) is 0 Å². The Balaban J connectivity index is 1.77. The second kappa shape index (κ2) is 5.93. The summed E-state index contributed by atoms with van der Waals surface area (Å²) in [5.41, 5.74) is 1.54. The van der Waals surface area contributed by atoms with E-state index in [4.69, 9.17) is 14.2 Å². The first-order chi connectivity index (χ1) is 10.7. The smallest absolute Gasteiger partial charge is 0.338 e. The van der Waals surface area contributed by atoms with E-state index in [-0.39, 0.29) is 12.8 Å². The lowest BCUT2D eigenvalue weighted by atomic mass is 10.2. The molecule has 1 aromatic heterocycles. The summed E-state index contributed by atoms with van der Waals surface area (Å²) in [4.78, 5) is 17.8. The van der Waals surface area contributed by atoms with Crippen LogP contribution in [-0.4, -0.2) is 31.9 Å². The second-order valence-corrected chi connectivity index (χ2v) is 4.94. The number of anilines is 1. The molecule has 1 aromatic carbocycles. The van der Waals surface area contributed by atoms with Crippen LogP contribution in [0.3, 0.4) is 0 Å². The van der Waals surface area contributed by atoms with Crippen LogP contribution in [0.2, 0.25) is 0 Å². The van der Waals surface area contributed by atoms with Gasteiger partial charge in [0.05, 0.1) is 12.7 Å². The van der Waals surface area contributed by atoms with Crippen molar-refractivity contribution < 1.29 is 19.0 Å². The van der Waals surface area contributed by atoms with Gasteiger partial charge in [-0.05, 0) is 29.8 Å². The lowest BCUT2D eigenvalue weighted by Gasteiger charge is -2.18. The van der Waals surface area contributed by atoms with Gasteiger partial charge in [0.15, 0.2) is 11.5 Å². The number of methoxy groups -OCH3 is 1. The number of hydrogen-bond donors (Lipinski definition) is 0. The topological polar surface area (TPSA) is 60.9 Å². The Labute approximate surface area is 128 Å². The average molecular weight is 300 g/mol. The van der Waals surface area contributed by atoms with Crippen LogP contribution < -0.4 is 14.4 Å². The minimum Gasteiger partial charge on any atom is -0.465 e. The van der Waals surface area contributed by atoms with Crippen molar-refractivity contribution in [3.05, 3.63) is 47.7 Å². The van der Waals surface area contributed by atoms with Crippen molar-refractivity contribution in [1.82, 2.24) is 4.98 Å². The Kier molecular flexibility index (Phi) is 3.82. The highest BCUT2D eigenvalue weighted by Gasteiger charge is 2.15. The summed E-state index contributed by atoms with van der Waals surface area (Å²) >= 11 is 0. The predicted molar refractivity (Wildman–Crippen MR) is 80.2 cm³/mol. The summed E-state index contributed by atoms with van der Waals surface area (Å²) in [5, 5.41) is 0. The van der Waals surface area contributed by atoms with Crippen molar-refractivity contribution in [3.63, 3.8) is 0 Å². The molecule has 1 aliphatic rings. The third-order valence-electron chi connectivity index (χ3n) is 3.41. The number of carbonyl (C=O) groups is 1. The second-order valence-electron chi connectivity index (χ2n) is 4.94. The molecule has 0 amide bonds. The Morgan fingerprint density at radius 2 is 2.09 bits per heavy atom. The van der Waals surface area contributed by atoms with E-state index in [0.717, 1.165) is 17.1 Å². The average Bonchev–Trinajstić information content (AvgIpc) is 3.02. The van der Waals surface area contributed by atoms with Crippen molar-refractivity contribution >= 4 is 11.8 Å². The highest BCUT2D eigenvalue weighted by molar-refractivity contribution is 5.90. The van der Waals surface area contributed by atoms with Crippen LogP contribution in [0.25, 0.3) is 0 Å². The Bertz CT molecular complexity index is 702. The maximum Gasteiger partial charge on any atom is 0.338 e. The molecule has 0 saturated heterocycles. The maximum absolute atomic E-state index is 11.6. The number of esters is 1. The Morgan fingerprint density at radius 1 is 1.27 bits per heavy atom. The zero-order valence-corrected chi connectivity index (χ0v) is 12.4. The number of hydrogen-bond acceptors (Lipinski definition) is 6. The van der Waals surface area contributed by atoms with E-state index in [1.807, 2.05) is 30.1 Å². The standard InChI is InChI=1S/C16H16N2O4/c1-18(15-8-12(5-6-17-15)16(19)20-2)9-11-3-4-13-14(7-11)22-10-21-13/h3-8H,9-10H2,1-2H3. The molecule has 6 heteroatoms. The molecule has 22 heavy (non-hydrogen) atoms. The van der Waals surface area contributed by atoms with Gasteiger partial charge in [-0.25, -0.2) is 9.78 Å². The lowest BCUT2D eigenvalue weighted by molar-refractivity contribution is 0.0600. The largest absolute Gasteiger partial charge is 0.465 e. The molecule has 1 aliphatic heterocycles. The minimum absolute atomic E-state index is 0.261. The number of benzene rings is 1. The number of pyridine rings is 1. The van der Waals surface area contributed by atoms with Gasteiger partial charge in [-0.15, -0.1) is 0 Å². The Hall–Kier alpha value is -2.76. The molecule has 0 N–H and O–H groups in total. The summed E-state index contributed by atoms with van der Waals surface area (Å²) in [6.07, 6.45) is 1.59. The van der Waals surface area contributed by atoms with Crippen molar-refractivity contribution in [3.8, 4) is 11.5 Å². The molecular formula is C16H16N2O4. The molecular weight excluding hydrogens is 284 g/mol. The van der Waals surface area contributed by atoms with E-state index >= 15 is 0 Å². The number of nitrogens with zero attached hydrogens (tertiary/aromatic N) is 2. The SMILES string of the molecule is COC(=O)c1ccnc(N(C)Cc2ccc3c(c2)OCO3)c1. The predicted octanol–water partition coefficient (Wildman–Crippen LogP) is 2.23. The molecule has 0 radical (unpaired) electrons. The molecule has 0 saturated carbocycles. The third-order valence-corrected chi connectivity index (χ3v) is 3.41. The normalized spacial score (nSPS) is 12.1. The fraction of sp³-hybridized carbons (Fsp3) is 0.250. The summed E-state index contributed by atoms with van der Waals surface area (Å²) in [6, 6.07) is 9.16. The number of carbonyl (C=O) groups excluding carboxylic acids is 1. The van der Waals surface area contributed by atoms with Crippen molar-refractivity contribution in [2.45, 2.75) is 6.54 Å². The molecule has 3 rings (SSSR count). The van der Waals surface area contributed by atoms with Gasteiger partial charge in [-0.2, -0.15) is 0 Å². The maximum atomic E-state index is 11.6. The third kappa shape index (κ3) is 2.81. The van der Waals surface area contributed by atoms with E-state index in [0.29, 0.717) is 17.9 Å².